The first-order chi connectivity index (χ1) is 9.66. The minimum Gasteiger partial charge on any atom is -0.476 e. The van der Waals surface area contributed by atoms with Crippen LogP contribution < -0.4 is 5.73 Å². The Balaban J connectivity index is 2.26. The van der Waals surface area contributed by atoms with Crippen molar-refractivity contribution in [1.29, 1.82) is 0 Å². The first kappa shape index (κ1) is 12.3. The van der Waals surface area contributed by atoms with Gasteiger partial charge in [-0.2, -0.15) is 4.68 Å². The molecule has 0 unspecified atom stereocenters. The van der Waals surface area contributed by atoms with Gasteiger partial charge in [0.25, 0.3) is 0 Å². The molecule has 0 fully saturated rings. The van der Waals surface area contributed by atoms with E-state index >= 15 is 0 Å². The molecule has 7 nitrogen and oxygen atoms in total. The molecule has 20 heavy (non-hydrogen) atoms. The maximum Gasteiger partial charge on any atom is 0.358 e. The average Bonchev–Trinajstić information content (AvgIpc) is 3.07. The van der Waals surface area contributed by atoms with E-state index in [2.05, 4.69) is 15.3 Å². The molecule has 3 N–H and O–H groups in total. The molecule has 100 valence electrons. The van der Waals surface area contributed by atoms with E-state index in [1.54, 1.807) is 35.8 Å². The number of nitrogens with zero attached hydrogens (tertiary/aromatic N) is 4. The summed E-state index contributed by atoms with van der Waals surface area (Å²) in [4.78, 5) is 15.4. The van der Waals surface area contributed by atoms with Crippen LogP contribution in [0.3, 0.4) is 0 Å². The molecule has 8 heteroatoms. The Morgan fingerprint density at radius 3 is 2.90 bits per heavy atom. The van der Waals surface area contributed by atoms with E-state index in [4.69, 9.17) is 5.73 Å². The van der Waals surface area contributed by atoms with Gasteiger partial charge in [-0.25, -0.2) is 9.78 Å². The van der Waals surface area contributed by atoms with E-state index in [9.17, 15) is 9.90 Å². The lowest BCUT2D eigenvalue weighted by Gasteiger charge is -2.05. The molecule has 0 bridgehead atoms. The van der Waals surface area contributed by atoms with Crippen LogP contribution in [0.1, 0.15) is 10.5 Å². The van der Waals surface area contributed by atoms with E-state index < -0.39 is 5.97 Å². The molecule has 0 spiro atoms. The number of benzene rings is 1. The Bertz CT molecular complexity index is 766. The highest BCUT2D eigenvalue weighted by Crippen LogP contribution is 2.27. The molecule has 0 amide bonds. The third-order valence-electron chi connectivity index (χ3n) is 2.63. The number of aromatic nitrogens is 4. The predicted molar refractivity (Wildman–Crippen MR) is 73.8 cm³/mol. The van der Waals surface area contributed by atoms with Gasteiger partial charge >= 0.3 is 5.97 Å². The fraction of sp³-hybridized carbons (Fsp3) is 0. The van der Waals surface area contributed by atoms with Crippen LogP contribution in [0.25, 0.3) is 16.4 Å². The molecule has 0 aliphatic heterocycles. The highest BCUT2D eigenvalue weighted by Gasteiger charge is 2.22. The van der Waals surface area contributed by atoms with Crippen molar-refractivity contribution in [2.45, 2.75) is 0 Å². The number of thiazole rings is 1. The SMILES string of the molecule is Nc1cccc(-c2c(C(=O)O)nnn2-c2nccs2)c1. The molecule has 2 aromatic heterocycles. The standard InChI is InChI=1S/C12H9N5O2S/c13-8-3-1-2-7(6-8)10-9(11(18)19)15-16-17(10)12-14-4-5-20-12/h1-6H,13H2,(H,18,19). The van der Waals surface area contributed by atoms with Crippen molar-refractivity contribution in [3.05, 3.63) is 41.5 Å². The predicted octanol–water partition coefficient (Wildman–Crippen LogP) is 1.67. The monoisotopic (exact) mass is 287 g/mol. The van der Waals surface area contributed by atoms with Crippen LogP contribution in [0.2, 0.25) is 0 Å². The Hall–Kier alpha value is -2.74. The van der Waals surface area contributed by atoms with Gasteiger partial charge in [0, 0.05) is 22.8 Å². The summed E-state index contributed by atoms with van der Waals surface area (Å²) in [7, 11) is 0. The summed E-state index contributed by atoms with van der Waals surface area (Å²) in [5, 5.41) is 19.2. The van der Waals surface area contributed by atoms with Crippen molar-refractivity contribution in [3.8, 4) is 16.4 Å². The van der Waals surface area contributed by atoms with Crippen LogP contribution >= 0.6 is 11.3 Å². The molecule has 0 aliphatic rings. The zero-order valence-electron chi connectivity index (χ0n) is 10.1. The summed E-state index contributed by atoms with van der Waals surface area (Å²) < 4.78 is 1.41. The summed E-state index contributed by atoms with van der Waals surface area (Å²) in [6, 6.07) is 6.90. The molecule has 0 saturated carbocycles. The second-order valence-corrected chi connectivity index (χ2v) is 4.82. The van der Waals surface area contributed by atoms with Crippen LogP contribution in [0.5, 0.6) is 0 Å². The summed E-state index contributed by atoms with van der Waals surface area (Å²) in [6.45, 7) is 0. The number of rotatable bonds is 3. The number of aromatic carboxylic acids is 1. The summed E-state index contributed by atoms with van der Waals surface area (Å²) in [6.07, 6.45) is 1.62. The molecular formula is C12H9N5O2S. The van der Waals surface area contributed by atoms with Gasteiger partial charge in [-0.15, -0.1) is 16.4 Å². The zero-order chi connectivity index (χ0) is 14.1. The maximum absolute atomic E-state index is 11.3. The van der Waals surface area contributed by atoms with E-state index in [-0.39, 0.29) is 5.69 Å². The number of carboxylic acids is 1. The van der Waals surface area contributed by atoms with Gasteiger partial charge in [0.15, 0.2) is 5.69 Å². The lowest BCUT2D eigenvalue weighted by molar-refractivity contribution is 0.0691. The van der Waals surface area contributed by atoms with Gasteiger partial charge in [-0.05, 0) is 12.1 Å². The van der Waals surface area contributed by atoms with Gasteiger partial charge in [0.1, 0.15) is 5.69 Å². The highest BCUT2D eigenvalue weighted by atomic mass is 32.1. The van der Waals surface area contributed by atoms with Crippen molar-refractivity contribution in [3.63, 3.8) is 0 Å². The highest BCUT2D eigenvalue weighted by molar-refractivity contribution is 7.12. The molecule has 2 heterocycles. The largest absolute Gasteiger partial charge is 0.476 e. The maximum atomic E-state index is 11.3. The molecular weight excluding hydrogens is 278 g/mol. The number of nitrogens with two attached hydrogens (primary N) is 1. The van der Waals surface area contributed by atoms with E-state index in [1.165, 1.54) is 16.0 Å². The number of hydrogen-bond donors (Lipinski definition) is 2. The van der Waals surface area contributed by atoms with Crippen molar-refractivity contribution >= 4 is 23.0 Å². The number of hydrogen-bond acceptors (Lipinski definition) is 6. The van der Waals surface area contributed by atoms with E-state index in [0.717, 1.165) is 0 Å². The molecule has 0 atom stereocenters. The second-order valence-electron chi connectivity index (χ2n) is 3.94. The van der Waals surface area contributed by atoms with Crippen LogP contribution in [0, 0.1) is 0 Å². The molecule has 3 aromatic rings. The number of nitrogen functional groups attached to an aromatic ring is 1. The summed E-state index contributed by atoms with van der Waals surface area (Å²) in [5.74, 6) is -1.15. The van der Waals surface area contributed by atoms with Crippen LogP contribution in [-0.4, -0.2) is 31.1 Å². The van der Waals surface area contributed by atoms with E-state index in [0.29, 0.717) is 22.1 Å². The lowest BCUT2D eigenvalue weighted by Crippen LogP contribution is -2.03. The fourth-order valence-electron chi connectivity index (χ4n) is 1.83. The Morgan fingerprint density at radius 1 is 1.40 bits per heavy atom. The zero-order valence-corrected chi connectivity index (χ0v) is 10.9. The summed E-state index contributed by atoms with van der Waals surface area (Å²) >= 11 is 1.34. The number of anilines is 1. The molecule has 0 saturated heterocycles. The third-order valence-corrected chi connectivity index (χ3v) is 3.38. The number of carboxylic acid groups (broad SMARTS) is 1. The van der Waals surface area contributed by atoms with Gasteiger partial charge in [-0.1, -0.05) is 17.3 Å². The first-order valence-electron chi connectivity index (χ1n) is 5.61. The minimum absolute atomic E-state index is 0.134. The van der Waals surface area contributed by atoms with Gasteiger partial charge < -0.3 is 10.8 Å². The fourth-order valence-corrected chi connectivity index (χ4v) is 2.42. The Kier molecular flexibility index (Phi) is 2.92. The van der Waals surface area contributed by atoms with Gasteiger partial charge in [-0.3, -0.25) is 0 Å². The van der Waals surface area contributed by atoms with Crippen molar-refractivity contribution in [2.24, 2.45) is 0 Å². The van der Waals surface area contributed by atoms with Crippen LogP contribution in [-0.2, 0) is 0 Å². The average molecular weight is 287 g/mol. The minimum atomic E-state index is -1.15. The van der Waals surface area contributed by atoms with Crippen molar-refractivity contribution in [1.82, 2.24) is 20.0 Å². The quantitative estimate of drug-likeness (QED) is 0.709. The lowest BCUT2D eigenvalue weighted by atomic mass is 10.1. The normalized spacial score (nSPS) is 10.6. The molecule has 0 aliphatic carbocycles. The Labute approximate surface area is 117 Å². The van der Waals surface area contributed by atoms with Crippen LogP contribution in [0.4, 0.5) is 5.69 Å². The van der Waals surface area contributed by atoms with E-state index in [1.807, 2.05) is 0 Å². The smallest absolute Gasteiger partial charge is 0.358 e. The second kappa shape index (κ2) is 4.74. The molecule has 1 aromatic carbocycles. The summed E-state index contributed by atoms with van der Waals surface area (Å²) in [5.41, 5.74) is 7.14. The molecule has 3 rings (SSSR count). The first-order valence-corrected chi connectivity index (χ1v) is 6.49. The topological polar surface area (TPSA) is 107 Å². The van der Waals surface area contributed by atoms with Crippen LogP contribution in [0.15, 0.2) is 35.8 Å². The molecule has 0 radical (unpaired) electrons. The van der Waals surface area contributed by atoms with Crippen molar-refractivity contribution in [2.75, 3.05) is 5.73 Å². The van der Waals surface area contributed by atoms with Gasteiger partial charge in [0.05, 0.1) is 0 Å². The number of carbonyl (C=O) groups is 1. The third kappa shape index (κ3) is 2.01. The Morgan fingerprint density at radius 2 is 2.25 bits per heavy atom. The van der Waals surface area contributed by atoms with Crippen molar-refractivity contribution < 1.29 is 9.90 Å². The van der Waals surface area contributed by atoms with Gasteiger partial charge in [0.2, 0.25) is 5.13 Å².